The van der Waals surface area contributed by atoms with Crippen molar-refractivity contribution in [2.45, 2.75) is 44.9 Å². The number of aromatic amines is 1. The van der Waals surface area contributed by atoms with E-state index in [1.807, 2.05) is 11.0 Å². The molecule has 3 heterocycles. The zero-order chi connectivity index (χ0) is 16.4. The number of H-pyrrole nitrogens is 1. The molecule has 3 rings (SSSR count). The lowest BCUT2D eigenvalue weighted by molar-refractivity contribution is 0.0699. The first-order valence-electron chi connectivity index (χ1n) is 8.06. The van der Waals surface area contributed by atoms with Gasteiger partial charge in [-0.05, 0) is 18.9 Å². The maximum Gasteiger partial charge on any atom is 0.274 e. The first-order chi connectivity index (χ1) is 10.9. The second kappa shape index (κ2) is 6.10. The van der Waals surface area contributed by atoms with Crippen LogP contribution >= 0.6 is 0 Å². The number of likely N-dealkylation sites (tertiary alicyclic amines) is 1. The molecule has 0 spiro atoms. The molecule has 0 aliphatic carbocycles. The van der Waals surface area contributed by atoms with Crippen LogP contribution in [0.4, 0.5) is 0 Å². The first-order valence-corrected chi connectivity index (χ1v) is 8.06. The third-order valence-electron chi connectivity index (χ3n) is 4.32. The molecule has 1 unspecified atom stereocenters. The van der Waals surface area contributed by atoms with E-state index < -0.39 is 0 Å². The van der Waals surface area contributed by atoms with Crippen molar-refractivity contribution in [2.75, 3.05) is 13.1 Å². The predicted molar refractivity (Wildman–Crippen MR) is 87.2 cm³/mol. The molecule has 1 N–H and O–H groups in total. The number of piperidine rings is 1. The van der Waals surface area contributed by atoms with E-state index in [9.17, 15) is 4.79 Å². The van der Waals surface area contributed by atoms with Gasteiger partial charge < -0.3 is 4.90 Å². The molecule has 1 fully saturated rings. The predicted octanol–water partition coefficient (Wildman–Crippen LogP) is 2.52. The zero-order valence-electron chi connectivity index (χ0n) is 13.9. The normalized spacial score (nSPS) is 18.9. The minimum absolute atomic E-state index is 0.00894. The highest BCUT2D eigenvalue weighted by Gasteiger charge is 2.28. The van der Waals surface area contributed by atoms with Crippen molar-refractivity contribution >= 4 is 5.91 Å². The van der Waals surface area contributed by atoms with E-state index in [1.165, 1.54) is 0 Å². The van der Waals surface area contributed by atoms with Crippen LogP contribution in [0.5, 0.6) is 0 Å². The smallest absolute Gasteiger partial charge is 0.274 e. The van der Waals surface area contributed by atoms with Crippen molar-refractivity contribution in [3.63, 3.8) is 0 Å². The number of carbonyl (C=O) groups is 1. The Bertz CT molecular complexity index is 674. The van der Waals surface area contributed by atoms with E-state index in [0.29, 0.717) is 12.2 Å². The Balaban J connectivity index is 1.73. The van der Waals surface area contributed by atoms with Crippen molar-refractivity contribution in [3.8, 4) is 0 Å². The Morgan fingerprint density at radius 2 is 2.17 bits per heavy atom. The summed E-state index contributed by atoms with van der Waals surface area (Å²) in [7, 11) is 0. The maximum absolute atomic E-state index is 12.7. The van der Waals surface area contributed by atoms with Gasteiger partial charge in [-0.25, -0.2) is 0 Å². The lowest BCUT2D eigenvalue weighted by atomic mass is 9.92. The van der Waals surface area contributed by atoms with Crippen LogP contribution < -0.4 is 0 Å². The topological polar surface area (TPSA) is 74.8 Å². The Labute approximate surface area is 136 Å². The molecule has 0 saturated carbocycles. The summed E-state index contributed by atoms with van der Waals surface area (Å²) < 4.78 is 0. The fraction of sp³-hybridized carbons (Fsp3) is 0.529. The molecule has 1 atom stereocenters. The highest BCUT2D eigenvalue weighted by atomic mass is 16.2. The van der Waals surface area contributed by atoms with Gasteiger partial charge >= 0.3 is 0 Å². The lowest BCUT2D eigenvalue weighted by Crippen LogP contribution is -2.39. The summed E-state index contributed by atoms with van der Waals surface area (Å²) in [5.74, 6) is 0.243. The third kappa shape index (κ3) is 3.41. The van der Waals surface area contributed by atoms with Crippen LogP contribution in [0.1, 0.15) is 61.4 Å². The number of carbonyl (C=O) groups excluding carboxylic acids is 1. The first kappa shape index (κ1) is 15.6. The van der Waals surface area contributed by atoms with E-state index in [-0.39, 0.29) is 17.2 Å². The highest BCUT2D eigenvalue weighted by Crippen LogP contribution is 2.26. The minimum Gasteiger partial charge on any atom is -0.337 e. The fourth-order valence-electron chi connectivity index (χ4n) is 2.90. The van der Waals surface area contributed by atoms with Crippen molar-refractivity contribution in [3.05, 3.63) is 41.7 Å². The Hall–Kier alpha value is -2.24. The monoisotopic (exact) mass is 313 g/mol. The van der Waals surface area contributed by atoms with Gasteiger partial charge in [0.15, 0.2) is 0 Å². The number of hydrogen-bond donors (Lipinski definition) is 1. The van der Waals surface area contributed by atoms with Crippen molar-refractivity contribution in [1.82, 2.24) is 25.1 Å². The van der Waals surface area contributed by atoms with Gasteiger partial charge in [-0.2, -0.15) is 5.10 Å². The van der Waals surface area contributed by atoms with Gasteiger partial charge in [0.25, 0.3) is 5.91 Å². The molecule has 6 nitrogen and oxygen atoms in total. The Kier molecular flexibility index (Phi) is 4.15. The average molecular weight is 313 g/mol. The van der Waals surface area contributed by atoms with Gasteiger partial charge in [-0.15, -0.1) is 0 Å². The van der Waals surface area contributed by atoms with Crippen LogP contribution in [0.25, 0.3) is 0 Å². The summed E-state index contributed by atoms with van der Waals surface area (Å²) in [4.78, 5) is 23.1. The molecule has 1 aliphatic rings. The second-order valence-corrected chi connectivity index (χ2v) is 7.14. The molecular formula is C17H23N5O. The van der Waals surface area contributed by atoms with Crippen LogP contribution in [-0.4, -0.2) is 44.1 Å². The van der Waals surface area contributed by atoms with Gasteiger partial charge in [0.05, 0.1) is 5.69 Å². The molecule has 1 saturated heterocycles. The minimum atomic E-state index is -0.0460. The SMILES string of the molecule is CC(C)(C)c1cc(C(=O)N2CCCC(c3cnccn3)C2)n[nH]1. The summed E-state index contributed by atoms with van der Waals surface area (Å²) in [6.45, 7) is 7.74. The van der Waals surface area contributed by atoms with Gasteiger partial charge in [0, 0.05) is 48.7 Å². The second-order valence-electron chi connectivity index (χ2n) is 7.14. The lowest BCUT2D eigenvalue weighted by Gasteiger charge is -2.31. The fourth-order valence-corrected chi connectivity index (χ4v) is 2.90. The third-order valence-corrected chi connectivity index (χ3v) is 4.32. The zero-order valence-corrected chi connectivity index (χ0v) is 13.9. The van der Waals surface area contributed by atoms with Crippen LogP contribution in [0, 0.1) is 0 Å². The summed E-state index contributed by atoms with van der Waals surface area (Å²) >= 11 is 0. The molecule has 1 aliphatic heterocycles. The van der Waals surface area contributed by atoms with E-state index in [4.69, 9.17) is 0 Å². The molecular weight excluding hydrogens is 290 g/mol. The summed E-state index contributed by atoms with van der Waals surface area (Å²) in [5.41, 5.74) is 2.38. The van der Waals surface area contributed by atoms with Crippen molar-refractivity contribution in [2.24, 2.45) is 0 Å². The van der Waals surface area contributed by atoms with Gasteiger partial charge in [-0.1, -0.05) is 20.8 Å². The summed E-state index contributed by atoms with van der Waals surface area (Å²) in [6.07, 6.45) is 7.19. The standard InChI is InChI=1S/C17H23N5O/c1-17(2,3)15-9-13(20-21-15)16(23)22-8-4-5-12(11-22)14-10-18-6-7-19-14/h6-7,9-10,12H,4-5,8,11H2,1-3H3,(H,20,21). The molecule has 23 heavy (non-hydrogen) atoms. The molecule has 2 aromatic rings. The van der Waals surface area contributed by atoms with Crippen LogP contribution in [0.2, 0.25) is 0 Å². The molecule has 122 valence electrons. The van der Waals surface area contributed by atoms with Crippen molar-refractivity contribution < 1.29 is 4.79 Å². The van der Waals surface area contributed by atoms with Crippen LogP contribution in [0.15, 0.2) is 24.7 Å². The number of nitrogens with one attached hydrogen (secondary N) is 1. The number of amides is 1. The molecule has 0 bridgehead atoms. The quantitative estimate of drug-likeness (QED) is 0.924. The Morgan fingerprint density at radius 3 is 2.83 bits per heavy atom. The Morgan fingerprint density at radius 1 is 1.35 bits per heavy atom. The largest absolute Gasteiger partial charge is 0.337 e. The van der Waals surface area contributed by atoms with Crippen molar-refractivity contribution in [1.29, 1.82) is 0 Å². The van der Waals surface area contributed by atoms with Gasteiger partial charge in [0.1, 0.15) is 5.69 Å². The number of hydrogen-bond acceptors (Lipinski definition) is 4. The summed E-state index contributed by atoms with van der Waals surface area (Å²) in [6, 6.07) is 1.87. The van der Waals surface area contributed by atoms with E-state index in [0.717, 1.165) is 30.8 Å². The number of nitrogens with zero attached hydrogens (tertiary/aromatic N) is 4. The molecule has 0 radical (unpaired) electrons. The molecule has 1 amide bonds. The summed E-state index contributed by atoms with van der Waals surface area (Å²) in [5, 5.41) is 7.20. The highest BCUT2D eigenvalue weighted by molar-refractivity contribution is 5.92. The van der Waals surface area contributed by atoms with Gasteiger partial charge in [-0.3, -0.25) is 19.9 Å². The average Bonchev–Trinajstić information content (AvgIpc) is 3.05. The van der Waals surface area contributed by atoms with E-state index in [1.54, 1.807) is 18.6 Å². The molecule has 0 aromatic carbocycles. The maximum atomic E-state index is 12.7. The van der Waals surface area contributed by atoms with Gasteiger partial charge in [0.2, 0.25) is 0 Å². The van der Waals surface area contributed by atoms with Crippen LogP contribution in [0.3, 0.4) is 0 Å². The number of rotatable bonds is 2. The van der Waals surface area contributed by atoms with Crippen LogP contribution in [-0.2, 0) is 5.41 Å². The molecule has 6 heteroatoms. The number of aromatic nitrogens is 4. The molecule has 2 aromatic heterocycles. The van der Waals surface area contributed by atoms with E-state index in [2.05, 4.69) is 40.9 Å². The van der Waals surface area contributed by atoms with E-state index >= 15 is 0 Å².